The maximum Gasteiger partial charge on any atom is 0.0629 e. The number of hydrogen-bond acceptors (Lipinski definition) is 10. The van der Waals surface area contributed by atoms with Crippen LogP contribution in [0.2, 0.25) is 0 Å². The van der Waals surface area contributed by atoms with E-state index in [4.69, 9.17) is 4.74 Å². The Morgan fingerprint density at radius 1 is 0.417 bits per heavy atom. The minimum atomic E-state index is 0.308. The molecule has 10 heteroatoms. The second-order valence-corrected chi connectivity index (χ2v) is 17.7. The van der Waals surface area contributed by atoms with Crippen LogP contribution in [0.4, 0.5) is 0 Å². The number of rotatable bonds is 6. The van der Waals surface area contributed by atoms with Gasteiger partial charge >= 0.3 is 0 Å². The Bertz CT molecular complexity index is 1080. The maximum atomic E-state index is 6.65. The highest BCUT2D eigenvalue weighted by Gasteiger charge is 2.54. The predicted octanol–water partition coefficient (Wildman–Crippen LogP) is 2.94. The van der Waals surface area contributed by atoms with E-state index in [-0.39, 0.29) is 0 Å². The third-order valence-corrected chi connectivity index (χ3v) is 15.5. The van der Waals surface area contributed by atoms with Crippen molar-refractivity contribution in [1.82, 2.24) is 47.4 Å². The summed E-state index contributed by atoms with van der Waals surface area (Å²) in [6.07, 6.45) is 23.3. The highest BCUT2D eigenvalue weighted by molar-refractivity contribution is 5.08. The van der Waals surface area contributed by atoms with Gasteiger partial charge in [0.05, 0.1) is 62.0 Å². The fourth-order valence-electron chi connectivity index (χ4n) is 13.0. The molecule has 48 heavy (non-hydrogen) atoms. The van der Waals surface area contributed by atoms with E-state index in [0.717, 1.165) is 38.1 Å². The second kappa shape index (κ2) is 14.6. The fourth-order valence-corrected chi connectivity index (χ4v) is 13.0. The van der Waals surface area contributed by atoms with Crippen LogP contribution in [0.1, 0.15) is 110 Å². The predicted molar refractivity (Wildman–Crippen MR) is 190 cm³/mol. The van der Waals surface area contributed by atoms with E-state index in [1.807, 2.05) is 0 Å². The number of ether oxygens (including phenoxy) is 1. The van der Waals surface area contributed by atoms with Crippen molar-refractivity contribution < 1.29 is 4.74 Å². The normalized spacial score (nSPS) is 51.7. The minimum absolute atomic E-state index is 0.308. The third-order valence-electron chi connectivity index (χ3n) is 15.5. The van der Waals surface area contributed by atoms with Gasteiger partial charge in [0, 0.05) is 6.54 Å². The summed E-state index contributed by atoms with van der Waals surface area (Å²) in [7, 11) is 0. The van der Waals surface area contributed by atoms with Gasteiger partial charge in [0.2, 0.25) is 0 Å². The first-order chi connectivity index (χ1) is 23.7. The summed E-state index contributed by atoms with van der Waals surface area (Å²) >= 11 is 0. The molecule has 5 aliphatic heterocycles. The van der Waals surface area contributed by atoms with E-state index in [1.54, 1.807) is 0 Å². The molecular formula is C38H69N9O. The smallest absolute Gasteiger partial charge is 0.0629 e. The Morgan fingerprint density at radius 2 is 0.729 bits per heavy atom. The summed E-state index contributed by atoms with van der Waals surface area (Å²) in [5, 5.41) is 34.1. The summed E-state index contributed by atoms with van der Waals surface area (Å²) in [5.41, 5.74) is 0. The lowest BCUT2D eigenvalue weighted by molar-refractivity contribution is -0.0128. The van der Waals surface area contributed by atoms with E-state index < -0.39 is 0 Å². The molecule has 10 nitrogen and oxygen atoms in total. The van der Waals surface area contributed by atoms with Gasteiger partial charge in [0.25, 0.3) is 0 Å². The molecule has 4 saturated carbocycles. The zero-order chi connectivity index (χ0) is 32.2. The third kappa shape index (κ3) is 6.34. The average Bonchev–Trinajstić information content (AvgIpc) is 3.86. The first-order valence-electron chi connectivity index (χ1n) is 21.1. The summed E-state index contributed by atoms with van der Waals surface area (Å²) in [4.78, 5) is 2.49. The SMILES string of the molecule is CCN(CC)CCOC1CCC2C3NC4NC(NC5NC(NC6NC(NC(N3)C2C1)C1CCCCC61)C1CCCCC51)C1CCCCC41. The summed E-state index contributed by atoms with van der Waals surface area (Å²) < 4.78 is 6.65. The Morgan fingerprint density at radius 3 is 1.06 bits per heavy atom. The molecule has 17 unspecified atom stereocenters. The first-order valence-corrected chi connectivity index (χ1v) is 21.1. The van der Waals surface area contributed by atoms with E-state index >= 15 is 0 Å². The Labute approximate surface area is 290 Å². The molecule has 5 saturated heterocycles. The molecule has 8 bridgehead atoms. The van der Waals surface area contributed by atoms with Crippen molar-refractivity contribution in [2.75, 3.05) is 26.2 Å². The van der Waals surface area contributed by atoms with Crippen LogP contribution in [0.5, 0.6) is 0 Å². The quantitative estimate of drug-likeness (QED) is 0.216. The Kier molecular flexibility index (Phi) is 10.1. The van der Waals surface area contributed by atoms with Gasteiger partial charge in [-0.3, -0.25) is 42.5 Å². The van der Waals surface area contributed by atoms with Crippen molar-refractivity contribution in [3.8, 4) is 0 Å². The summed E-state index contributed by atoms with van der Waals surface area (Å²) in [6, 6.07) is 0. The van der Waals surface area contributed by atoms with E-state index in [1.165, 1.54) is 96.3 Å². The van der Waals surface area contributed by atoms with Gasteiger partial charge in [-0.1, -0.05) is 52.4 Å². The maximum absolute atomic E-state index is 6.65. The molecular weight excluding hydrogens is 598 g/mol. The lowest BCUT2D eigenvalue weighted by atomic mass is 9.76. The molecule has 0 spiro atoms. The van der Waals surface area contributed by atoms with Crippen molar-refractivity contribution in [2.24, 2.45) is 47.3 Å². The van der Waals surface area contributed by atoms with Crippen molar-refractivity contribution in [3.05, 3.63) is 0 Å². The van der Waals surface area contributed by atoms with Crippen LogP contribution in [0.15, 0.2) is 0 Å². The standard InChI is InChI=1S/C38H69N9O/c1-3-47(4-2)19-20-48-22-17-18-29-30(21-22)38-45-36-28-16-10-9-15-27(28)34(43-36)41-32-24-12-6-5-11-23(24)31(39-32)40-33-25-13-7-8-14-26(25)35(42-33)44-37(29)46-38/h22-46H,3-21H2,1-2H3. The van der Waals surface area contributed by atoms with Crippen molar-refractivity contribution in [1.29, 1.82) is 0 Å². The lowest BCUT2D eigenvalue weighted by Gasteiger charge is -2.37. The van der Waals surface area contributed by atoms with E-state index in [2.05, 4.69) is 61.3 Å². The van der Waals surface area contributed by atoms with Gasteiger partial charge in [0.15, 0.2) is 0 Å². The van der Waals surface area contributed by atoms with Gasteiger partial charge in [-0.2, -0.15) is 0 Å². The number of nitrogens with zero attached hydrogens (tertiary/aromatic N) is 1. The Balaban J connectivity index is 0.988. The van der Waals surface area contributed by atoms with Crippen molar-refractivity contribution >= 4 is 0 Å². The van der Waals surface area contributed by atoms with Crippen LogP contribution in [0.3, 0.4) is 0 Å². The zero-order valence-electron chi connectivity index (χ0n) is 30.1. The van der Waals surface area contributed by atoms with Crippen LogP contribution < -0.4 is 42.5 Å². The van der Waals surface area contributed by atoms with E-state index in [9.17, 15) is 0 Å². The highest BCUT2D eigenvalue weighted by atomic mass is 16.5. The number of hydrogen-bond donors (Lipinski definition) is 8. The second-order valence-electron chi connectivity index (χ2n) is 17.7. The van der Waals surface area contributed by atoms with Crippen molar-refractivity contribution in [2.45, 2.75) is 166 Å². The number of likely N-dealkylation sites (N-methyl/N-ethyl adjacent to an activating group) is 1. The molecule has 9 rings (SSSR count). The van der Waals surface area contributed by atoms with Crippen LogP contribution >= 0.6 is 0 Å². The molecule has 272 valence electrons. The lowest BCUT2D eigenvalue weighted by Crippen LogP contribution is -2.61. The first kappa shape index (κ1) is 33.4. The van der Waals surface area contributed by atoms with Crippen LogP contribution in [-0.2, 0) is 4.74 Å². The average molecular weight is 668 g/mol. The largest absolute Gasteiger partial charge is 0.377 e. The monoisotopic (exact) mass is 668 g/mol. The van der Waals surface area contributed by atoms with Crippen LogP contribution in [-0.4, -0.2) is 86.6 Å². The van der Waals surface area contributed by atoms with Gasteiger partial charge in [0.1, 0.15) is 0 Å². The number of fused-ring (bicyclic) bond motifs is 20. The van der Waals surface area contributed by atoms with E-state index in [0.29, 0.717) is 90.9 Å². The minimum Gasteiger partial charge on any atom is -0.377 e. The zero-order valence-corrected chi connectivity index (χ0v) is 30.1. The van der Waals surface area contributed by atoms with Gasteiger partial charge in [-0.25, -0.2) is 0 Å². The molecule has 0 aromatic carbocycles. The molecule has 0 radical (unpaired) electrons. The topological polar surface area (TPSA) is 109 Å². The molecule has 0 aromatic rings. The molecule has 8 N–H and O–H groups in total. The summed E-state index contributed by atoms with van der Waals surface area (Å²) in [5.74, 6) is 5.48. The van der Waals surface area contributed by atoms with Crippen molar-refractivity contribution in [3.63, 3.8) is 0 Å². The molecule has 4 aliphatic carbocycles. The molecule has 0 aromatic heterocycles. The van der Waals surface area contributed by atoms with Gasteiger partial charge in [-0.15, -0.1) is 0 Å². The fraction of sp³-hybridized carbons (Fsp3) is 1.00. The molecule has 9 aliphatic rings. The number of nitrogens with one attached hydrogen (secondary N) is 8. The van der Waals surface area contributed by atoms with Gasteiger partial charge in [-0.05, 0) is 118 Å². The molecule has 17 atom stereocenters. The molecule has 5 heterocycles. The Hall–Kier alpha value is -0.400. The highest BCUT2D eigenvalue weighted by Crippen LogP contribution is 2.46. The van der Waals surface area contributed by atoms with Crippen LogP contribution in [0.25, 0.3) is 0 Å². The molecule has 9 fully saturated rings. The molecule has 0 amide bonds. The van der Waals surface area contributed by atoms with Crippen LogP contribution in [0, 0.1) is 47.3 Å². The van der Waals surface area contributed by atoms with Gasteiger partial charge < -0.3 is 9.64 Å². The summed E-state index contributed by atoms with van der Waals surface area (Å²) in [6.45, 7) is 8.66.